The second kappa shape index (κ2) is 4.42. The van der Waals surface area contributed by atoms with Crippen molar-refractivity contribution < 1.29 is 0 Å². The molecule has 0 aliphatic rings. The molecule has 0 unspecified atom stereocenters. The zero-order valence-electron chi connectivity index (χ0n) is 9.48. The first-order valence-electron chi connectivity index (χ1n) is 5.62. The third-order valence-electron chi connectivity index (χ3n) is 2.94. The summed E-state index contributed by atoms with van der Waals surface area (Å²) in [6.45, 7) is 0. The highest BCUT2D eigenvalue weighted by atomic mass is 79.9. The van der Waals surface area contributed by atoms with Gasteiger partial charge in [0.2, 0.25) is 5.43 Å². The highest BCUT2D eigenvalue weighted by molar-refractivity contribution is 9.10. The number of nitrogens with one attached hydrogen (secondary N) is 1. The zero-order valence-corrected chi connectivity index (χ0v) is 11.1. The van der Waals surface area contributed by atoms with Crippen molar-refractivity contribution in [1.29, 1.82) is 0 Å². The Morgan fingerprint density at radius 2 is 1.72 bits per heavy atom. The number of aromatic amines is 1. The van der Waals surface area contributed by atoms with E-state index >= 15 is 0 Å². The first-order chi connectivity index (χ1) is 8.75. The minimum absolute atomic E-state index is 0.0153. The van der Waals surface area contributed by atoms with Gasteiger partial charge >= 0.3 is 0 Å². The molecule has 0 amide bonds. The summed E-state index contributed by atoms with van der Waals surface area (Å²) in [5.74, 6) is 0. The van der Waals surface area contributed by atoms with Crippen molar-refractivity contribution in [3.05, 3.63) is 69.4 Å². The van der Waals surface area contributed by atoms with Gasteiger partial charge in [-0.2, -0.15) is 0 Å². The summed E-state index contributed by atoms with van der Waals surface area (Å²) < 4.78 is 0.556. The van der Waals surface area contributed by atoms with E-state index in [2.05, 4.69) is 20.9 Å². The average molecular weight is 300 g/mol. The summed E-state index contributed by atoms with van der Waals surface area (Å²) in [5.41, 5.74) is 3.02. The number of rotatable bonds is 1. The molecule has 88 valence electrons. The molecule has 0 bridgehead atoms. The van der Waals surface area contributed by atoms with Crippen LogP contribution in [0.4, 0.5) is 0 Å². The number of benzene rings is 2. The van der Waals surface area contributed by atoms with E-state index in [9.17, 15) is 4.79 Å². The van der Waals surface area contributed by atoms with Gasteiger partial charge in [0, 0.05) is 17.1 Å². The van der Waals surface area contributed by atoms with Crippen LogP contribution in [-0.4, -0.2) is 4.98 Å². The molecule has 1 N–H and O–H groups in total. The minimum atomic E-state index is 0.0153. The van der Waals surface area contributed by atoms with E-state index in [-0.39, 0.29) is 5.43 Å². The van der Waals surface area contributed by atoms with Crippen molar-refractivity contribution in [1.82, 2.24) is 4.98 Å². The standard InChI is InChI=1S/C15H10BrNO/c16-13-9-17-14-7-6-11(8-12(14)15(13)18)10-4-2-1-3-5-10/h1-9H,(H,17,18). The molecule has 18 heavy (non-hydrogen) atoms. The third-order valence-corrected chi connectivity index (χ3v) is 3.53. The summed E-state index contributed by atoms with van der Waals surface area (Å²) in [6, 6.07) is 15.9. The Bertz CT molecular complexity index is 762. The van der Waals surface area contributed by atoms with Crippen LogP contribution in [0.3, 0.4) is 0 Å². The van der Waals surface area contributed by atoms with Gasteiger partial charge in [0.15, 0.2) is 0 Å². The Morgan fingerprint density at radius 3 is 2.50 bits per heavy atom. The molecule has 2 nitrogen and oxygen atoms in total. The van der Waals surface area contributed by atoms with E-state index in [0.29, 0.717) is 9.86 Å². The highest BCUT2D eigenvalue weighted by Crippen LogP contribution is 2.22. The van der Waals surface area contributed by atoms with Gasteiger partial charge in [0.25, 0.3) is 0 Å². The Hall–Kier alpha value is -1.87. The molecular weight excluding hydrogens is 290 g/mol. The van der Waals surface area contributed by atoms with E-state index in [1.807, 2.05) is 48.5 Å². The van der Waals surface area contributed by atoms with Crippen molar-refractivity contribution in [2.24, 2.45) is 0 Å². The van der Waals surface area contributed by atoms with Crippen LogP contribution >= 0.6 is 15.9 Å². The van der Waals surface area contributed by atoms with Crippen LogP contribution in [0, 0.1) is 0 Å². The predicted octanol–water partition coefficient (Wildman–Crippen LogP) is 3.96. The quantitative estimate of drug-likeness (QED) is 0.725. The summed E-state index contributed by atoms with van der Waals surface area (Å²) in [7, 11) is 0. The van der Waals surface area contributed by atoms with Gasteiger partial charge in [-0.3, -0.25) is 4.79 Å². The summed E-state index contributed by atoms with van der Waals surface area (Å²) in [4.78, 5) is 15.1. The monoisotopic (exact) mass is 299 g/mol. The van der Waals surface area contributed by atoms with E-state index < -0.39 is 0 Å². The molecule has 3 heteroatoms. The molecule has 0 aliphatic heterocycles. The number of halogens is 1. The number of pyridine rings is 1. The van der Waals surface area contributed by atoms with E-state index in [4.69, 9.17) is 0 Å². The lowest BCUT2D eigenvalue weighted by Gasteiger charge is -2.04. The fourth-order valence-corrected chi connectivity index (χ4v) is 2.33. The van der Waals surface area contributed by atoms with Crippen LogP contribution in [-0.2, 0) is 0 Å². The van der Waals surface area contributed by atoms with Gasteiger partial charge < -0.3 is 4.98 Å². The molecule has 0 spiro atoms. The first-order valence-corrected chi connectivity index (χ1v) is 6.41. The molecule has 1 aromatic heterocycles. The van der Waals surface area contributed by atoms with Crippen molar-refractivity contribution in [2.45, 2.75) is 0 Å². The maximum atomic E-state index is 12.0. The molecule has 0 saturated carbocycles. The van der Waals surface area contributed by atoms with Gasteiger partial charge in [-0.1, -0.05) is 36.4 Å². The summed E-state index contributed by atoms with van der Waals surface area (Å²) in [6.07, 6.45) is 1.67. The maximum absolute atomic E-state index is 12.0. The molecule has 0 atom stereocenters. The average Bonchev–Trinajstić information content (AvgIpc) is 2.44. The molecule has 0 saturated heterocycles. The smallest absolute Gasteiger partial charge is 0.203 e. The second-order valence-corrected chi connectivity index (χ2v) is 4.95. The number of fused-ring (bicyclic) bond motifs is 1. The van der Waals surface area contributed by atoms with Crippen molar-refractivity contribution in [3.63, 3.8) is 0 Å². The Morgan fingerprint density at radius 1 is 0.944 bits per heavy atom. The lowest BCUT2D eigenvalue weighted by molar-refractivity contribution is 1.36. The Balaban J connectivity index is 2.29. The fourth-order valence-electron chi connectivity index (χ4n) is 2.00. The minimum Gasteiger partial charge on any atom is -0.360 e. The second-order valence-electron chi connectivity index (χ2n) is 4.09. The predicted molar refractivity (Wildman–Crippen MR) is 77.7 cm³/mol. The van der Waals surface area contributed by atoms with Crippen LogP contribution in [0.15, 0.2) is 64.0 Å². The zero-order chi connectivity index (χ0) is 12.5. The number of hydrogen-bond donors (Lipinski definition) is 1. The Labute approximate surface area is 112 Å². The Kier molecular flexibility index (Phi) is 2.76. The van der Waals surface area contributed by atoms with Crippen molar-refractivity contribution >= 4 is 26.8 Å². The number of H-pyrrole nitrogens is 1. The lowest BCUT2D eigenvalue weighted by Crippen LogP contribution is -2.03. The van der Waals surface area contributed by atoms with E-state index in [1.165, 1.54) is 0 Å². The summed E-state index contributed by atoms with van der Waals surface area (Å²) >= 11 is 3.25. The molecule has 1 heterocycles. The van der Waals surface area contributed by atoms with Crippen LogP contribution in [0.5, 0.6) is 0 Å². The molecule has 2 aromatic carbocycles. The molecule has 0 fully saturated rings. The van der Waals surface area contributed by atoms with Crippen LogP contribution in [0.2, 0.25) is 0 Å². The van der Waals surface area contributed by atoms with Gasteiger partial charge in [0.1, 0.15) is 0 Å². The SMILES string of the molecule is O=c1c(Br)c[nH]c2ccc(-c3ccccc3)cc12. The molecule has 3 aromatic rings. The topological polar surface area (TPSA) is 32.9 Å². The lowest BCUT2D eigenvalue weighted by atomic mass is 10.0. The van der Waals surface area contributed by atoms with Gasteiger partial charge in [-0.15, -0.1) is 0 Å². The molecular formula is C15H10BrNO. The van der Waals surface area contributed by atoms with Crippen LogP contribution < -0.4 is 5.43 Å². The summed E-state index contributed by atoms with van der Waals surface area (Å²) in [5, 5.41) is 0.700. The van der Waals surface area contributed by atoms with Crippen LogP contribution in [0.1, 0.15) is 0 Å². The van der Waals surface area contributed by atoms with E-state index in [0.717, 1.165) is 16.6 Å². The largest absolute Gasteiger partial charge is 0.360 e. The molecule has 0 aliphatic carbocycles. The highest BCUT2D eigenvalue weighted by Gasteiger charge is 2.04. The van der Waals surface area contributed by atoms with Gasteiger partial charge in [0.05, 0.1) is 4.47 Å². The number of aromatic nitrogens is 1. The van der Waals surface area contributed by atoms with E-state index in [1.54, 1.807) is 6.20 Å². The maximum Gasteiger partial charge on any atom is 0.203 e. The first kappa shape index (κ1) is 11.2. The van der Waals surface area contributed by atoms with Gasteiger partial charge in [-0.05, 0) is 39.2 Å². The molecule has 0 radical (unpaired) electrons. The fraction of sp³-hybridized carbons (Fsp3) is 0. The van der Waals surface area contributed by atoms with Crippen molar-refractivity contribution in [3.8, 4) is 11.1 Å². The van der Waals surface area contributed by atoms with Crippen LogP contribution in [0.25, 0.3) is 22.0 Å². The van der Waals surface area contributed by atoms with Crippen molar-refractivity contribution in [2.75, 3.05) is 0 Å². The number of hydrogen-bond acceptors (Lipinski definition) is 1. The molecule has 3 rings (SSSR count). The normalized spacial score (nSPS) is 10.7. The third kappa shape index (κ3) is 1.87. The van der Waals surface area contributed by atoms with Gasteiger partial charge in [-0.25, -0.2) is 0 Å².